The number of hydrogen-bond donors (Lipinski definition) is 2. The van der Waals surface area contributed by atoms with Crippen LogP contribution < -0.4 is 5.32 Å². The molecular formula is C12H14F3N3O3. The van der Waals surface area contributed by atoms with Gasteiger partial charge in [-0.1, -0.05) is 6.07 Å². The number of hydrogen-bond acceptors (Lipinski definition) is 5. The number of benzene rings is 1. The standard InChI is InChI=1S/C12H14F3N3O3/c13-12(14,15)11(17-5-3-16-4-6-17)8-1-2-10(19)9(7-8)18(20)21/h1-2,7,11,16,19H,3-6H2/t11-/m0/s1. The van der Waals surface area contributed by atoms with Crippen molar-refractivity contribution in [2.45, 2.75) is 12.2 Å². The molecule has 6 nitrogen and oxygen atoms in total. The van der Waals surface area contributed by atoms with Gasteiger partial charge in [-0.05, 0) is 11.6 Å². The summed E-state index contributed by atoms with van der Waals surface area (Å²) < 4.78 is 40.0. The third-order valence-electron chi connectivity index (χ3n) is 3.34. The number of halogens is 3. The van der Waals surface area contributed by atoms with Crippen molar-refractivity contribution in [1.82, 2.24) is 10.2 Å². The van der Waals surface area contributed by atoms with Gasteiger partial charge in [0.15, 0.2) is 5.75 Å². The van der Waals surface area contributed by atoms with Crippen LogP contribution in [0.2, 0.25) is 0 Å². The number of piperazine rings is 1. The highest BCUT2D eigenvalue weighted by Crippen LogP contribution is 2.40. The Kier molecular flexibility index (Phi) is 4.33. The van der Waals surface area contributed by atoms with Crippen molar-refractivity contribution in [1.29, 1.82) is 0 Å². The summed E-state index contributed by atoms with van der Waals surface area (Å²) in [6.45, 7) is 1.23. The summed E-state index contributed by atoms with van der Waals surface area (Å²) >= 11 is 0. The van der Waals surface area contributed by atoms with E-state index in [1.54, 1.807) is 0 Å². The number of nitro groups is 1. The number of phenolic OH excluding ortho intramolecular Hbond substituents is 1. The van der Waals surface area contributed by atoms with Crippen molar-refractivity contribution in [2.75, 3.05) is 26.2 Å². The summed E-state index contributed by atoms with van der Waals surface area (Å²) in [6.07, 6.45) is -4.55. The number of rotatable bonds is 3. The lowest BCUT2D eigenvalue weighted by atomic mass is 10.0. The highest BCUT2D eigenvalue weighted by molar-refractivity contribution is 5.48. The van der Waals surface area contributed by atoms with Crippen LogP contribution in [-0.4, -0.2) is 47.3 Å². The molecule has 1 aromatic rings. The Morgan fingerprint density at radius 3 is 2.48 bits per heavy atom. The predicted molar refractivity (Wildman–Crippen MR) is 68.0 cm³/mol. The quantitative estimate of drug-likeness (QED) is 0.658. The second kappa shape index (κ2) is 5.86. The molecule has 2 N–H and O–H groups in total. The van der Waals surface area contributed by atoms with E-state index in [4.69, 9.17) is 0 Å². The summed E-state index contributed by atoms with van der Waals surface area (Å²) in [7, 11) is 0. The van der Waals surface area contributed by atoms with Gasteiger partial charge in [0, 0.05) is 32.2 Å². The molecule has 0 radical (unpaired) electrons. The molecule has 0 amide bonds. The summed E-state index contributed by atoms with van der Waals surface area (Å²) in [5.74, 6) is -0.648. The van der Waals surface area contributed by atoms with Gasteiger partial charge in [-0.15, -0.1) is 0 Å². The van der Waals surface area contributed by atoms with E-state index in [9.17, 15) is 28.4 Å². The molecule has 1 fully saturated rings. The highest BCUT2D eigenvalue weighted by Gasteiger charge is 2.45. The van der Waals surface area contributed by atoms with E-state index in [0.29, 0.717) is 13.1 Å². The third-order valence-corrected chi connectivity index (χ3v) is 3.34. The molecule has 1 aliphatic heterocycles. The van der Waals surface area contributed by atoms with Gasteiger partial charge in [-0.25, -0.2) is 0 Å². The number of nitrogens with one attached hydrogen (secondary N) is 1. The molecule has 116 valence electrons. The van der Waals surface area contributed by atoms with Crippen molar-refractivity contribution < 1.29 is 23.2 Å². The first kappa shape index (κ1) is 15.5. The van der Waals surface area contributed by atoms with E-state index in [1.807, 2.05) is 0 Å². The monoisotopic (exact) mass is 305 g/mol. The van der Waals surface area contributed by atoms with Crippen LogP contribution in [0.5, 0.6) is 5.75 Å². The SMILES string of the molecule is O=[N+]([O-])c1cc([C@H](N2CCNCC2)C(F)(F)F)ccc1O. The van der Waals surface area contributed by atoms with E-state index in [-0.39, 0.29) is 18.7 Å². The van der Waals surface area contributed by atoms with E-state index in [0.717, 1.165) is 18.2 Å². The fourth-order valence-electron chi connectivity index (χ4n) is 2.40. The number of nitro benzene ring substituents is 1. The lowest BCUT2D eigenvalue weighted by molar-refractivity contribution is -0.386. The second-order valence-electron chi connectivity index (χ2n) is 4.74. The molecule has 9 heteroatoms. The Hall–Kier alpha value is -1.87. The highest BCUT2D eigenvalue weighted by atomic mass is 19.4. The predicted octanol–water partition coefficient (Wildman–Crippen LogP) is 1.81. The summed E-state index contributed by atoms with van der Waals surface area (Å²) in [5.41, 5.74) is -0.967. The van der Waals surface area contributed by atoms with Crippen molar-refractivity contribution in [3.8, 4) is 5.75 Å². The fraction of sp³-hybridized carbons (Fsp3) is 0.500. The van der Waals surface area contributed by atoms with Gasteiger partial charge >= 0.3 is 11.9 Å². The summed E-state index contributed by atoms with van der Waals surface area (Å²) in [5, 5.41) is 23.1. The van der Waals surface area contributed by atoms with Gasteiger partial charge in [0.1, 0.15) is 6.04 Å². The molecule has 1 aromatic carbocycles. The Balaban J connectivity index is 2.41. The summed E-state index contributed by atoms with van der Waals surface area (Å²) in [4.78, 5) is 11.1. The molecular weight excluding hydrogens is 291 g/mol. The van der Waals surface area contributed by atoms with Crippen LogP contribution in [0.15, 0.2) is 18.2 Å². The largest absolute Gasteiger partial charge is 0.502 e. The van der Waals surface area contributed by atoms with E-state index in [1.165, 1.54) is 4.90 Å². The van der Waals surface area contributed by atoms with E-state index in [2.05, 4.69) is 5.32 Å². The maximum absolute atomic E-state index is 13.3. The zero-order valence-corrected chi connectivity index (χ0v) is 10.9. The molecule has 1 saturated heterocycles. The van der Waals surface area contributed by atoms with Crippen molar-refractivity contribution >= 4 is 5.69 Å². The molecule has 0 unspecified atom stereocenters. The number of aromatic hydroxyl groups is 1. The molecule has 2 rings (SSSR count). The van der Waals surface area contributed by atoms with E-state index >= 15 is 0 Å². The van der Waals surface area contributed by atoms with Crippen LogP contribution in [0, 0.1) is 10.1 Å². The van der Waals surface area contributed by atoms with Gasteiger partial charge in [-0.2, -0.15) is 13.2 Å². The van der Waals surface area contributed by atoms with Crippen LogP contribution >= 0.6 is 0 Å². The first-order chi connectivity index (χ1) is 9.80. The molecule has 0 aromatic heterocycles. The Bertz CT molecular complexity index is 530. The Labute approximate surface area is 118 Å². The fourth-order valence-corrected chi connectivity index (χ4v) is 2.40. The number of alkyl halides is 3. The molecule has 0 aliphatic carbocycles. The summed E-state index contributed by atoms with van der Waals surface area (Å²) in [6, 6.07) is 0.866. The van der Waals surface area contributed by atoms with E-state index < -0.39 is 28.6 Å². The molecule has 0 bridgehead atoms. The lowest BCUT2D eigenvalue weighted by Crippen LogP contribution is -2.49. The smallest absolute Gasteiger partial charge is 0.408 e. The Morgan fingerprint density at radius 2 is 1.95 bits per heavy atom. The minimum atomic E-state index is -4.55. The molecule has 1 heterocycles. The van der Waals surface area contributed by atoms with Crippen LogP contribution in [0.1, 0.15) is 11.6 Å². The maximum atomic E-state index is 13.3. The van der Waals surface area contributed by atoms with Gasteiger partial charge in [-0.3, -0.25) is 15.0 Å². The molecule has 0 saturated carbocycles. The van der Waals surface area contributed by atoms with Crippen LogP contribution in [0.4, 0.5) is 18.9 Å². The normalized spacial score (nSPS) is 18.4. The van der Waals surface area contributed by atoms with Crippen molar-refractivity contribution in [3.63, 3.8) is 0 Å². The van der Waals surface area contributed by atoms with Crippen molar-refractivity contribution in [2.24, 2.45) is 0 Å². The van der Waals surface area contributed by atoms with Crippen LogP contribution in [0.25, 0.3) is 0 Å². The maximum Gasteiger partial charge on any atom is 0.408 e. The van der Waals surface area contributed by atoms with Gasteiger partial charge in [0.05, 0.1) is 4.92 Å². The van der Waals surface area contributed by atoms with Gasteiger partial charge in [0.2, 0.25) is 0 Å². The molecule has 0 spiro atoms. The molecule has 21 heavy (non-hydrogen) atoms. The second-order valence-corrected chi connectivity index (χ2v) is 4.74. The minimum absolute atomic E-state index is 0.193. The third kappa shape index (κ3) is 3.42. The lowest BCUT2D eigenvalue weighted by Gasteiger charge is -2.36. The number of nitrogens with zero attached hydrogens (tertiary/aromatic N) is 2. The van der Waals surface area contributed by atoms with Gasteiger partial charge < -0.3 is 10.4 Å². The van der Waals surface area contributed by atoms with Crippen molar-refractivity contribution in [3.05, 3.63) is 33.9 Å². The topological polar surface area (TPSA) is 78.6 Å². The van der Waals surface area contributed by atoms with Crippen LogP contribution in [0.3, 0.4) is 0 Å². The minimum Gasteiger partial charge on any atom is -0.502 e. The zero-order valence-electron chi connectivity index (χ0n) is 10.9. The van der Waals surface area contributed by atoms with Crippen LogP contribution in [-0.2, 0) is 0 Å². The van der Waals surface area contributed by atoms with Gasteiger partial charge in [0.25, 0.3) is 0 Å². The zero-order chi connectivity index (χ0) is 15.6. The molecule has 1 atom stereocenters. The average Bonchev–Trinajstić information content (AvgIpc) is 2.40. The number of phenols is 1. The first-order valence-electron chi connectivity index (χ1n) is 6.29. The average molecular weight is 305 g/mol. The Morgan fingerprint density at radius 1 is 1.33 bits per heavy atom. The first-order valence-corrected chi connectivity index (χ1v) is 6.29. The molecule has 1 aliphatic rings.